The molecule has 6 aromatic rings. The van der Waals surface area contributed by atoms with E-state index in [1.807, 2.05) is 43.3 Å². The van der Waals surface area contributed by atoms with E-state index in [0.29, 0.717) is 62.2 Å². The van der Waals surface area contributed by atoms with Crippen molar-refractivity contribution in [2.75, 3.05) is 9.80 Å². The maximum absolute atomic E-state index is 13.5. The number of amides is 4. The van der Waals surface area contributed by atoms with E-state index in [0.717, 1.165) is 20.9 Å². The molecule has 2 heterocycles. The number of anilines is 2. The second-order valence-corrected chi connectivity index (χ2v) is 12.0. The number of carbonyl (C=O) groups excluding carboxylic acids is 4. The highest BCUT2D eigenvalue weighted by atomic mass is 16.5. The Labute approximate surface area is 293 Å². The van der Waals surface area contributed by atoms with Gasteiger partial charge in [-0.05, 0) is 85.8 Å². The molecule has 8 rings (SSSR count). The molecule has 2 aliphatic heterocycles. The number of imide groups is 2. The van der Waals surface area contributed by atoms with Gasteiger partial charge in [0.25, 0.3) is 23.6 Å². The van der Waals surface area contributed by atoms with Gasteiger partial charge in [0.2, 0.25) is 0 Å². The molecule has 8 nitrogen and oxygen atoms in total. The van der Waals surface area contributed by atoms with Gasteiger partial charge in [-0.3, -0.25) is 19.2 Å². The van der Waals surface area contributed by atoms with Gasteiger partial charge >= 0.3 is 0 Å². The summed E-state index contributed by atoms with van der Waals surface area (Å²) in [5.74, 6) is 6.23. The molecule has 0 spiro atoms. The van der Waals surface area contributed by atoms with Gasteiger partial charge in [-0.2, -0.15) is 0 Å². The van der Waals surface area contributed by atoms with Gasteiger partial charge in [0.05, 0.1) is 33.6 Å². The number of hydrogen-bond donors (Lipinski definition) is 0. The highest BCUT2D eigenvalue weighted by Crippen LogP contribution is 2.35. The fourth-order valence-corrected chi connectivity index (χ4v) is 6.05. The molecule has 51 heavy (non-hydrogen) atoms. The maximum Gasteiger partial charge on any atom is 0.266 e. The Kier molecular flexibility index (Phi) is 7.71. The molecule has 0 bridgehead atoms. The normalized spacial score (nSPS) is 13.1. The smallest absolute Gasteiger partial charge is 0.266 e. The Balaban J connectivity index is 0.979. The van der Waals surface area contributed by atoms with Crippen molar-refractivity contribution in [1.82, 2.24) is 0 Å². The third-order valence-electron chi connectivity index (χ3n) is 8.48. The summed E-state index contributed by atoms with van der Waals surface area (Å²) in [6, 6.07) is 40.1. The molecule has 0 radical (unpaired) electrons. The number of ether oxygens (including phenoxy) is 2. The van der Waals surface area contributed by atoms with Gasteiger partial charge in [0, 0.05) is 29.3 Å². The number of carbonyl (C=O) groups is 4. The average Bonchev–Trinajstić information content (AvgIpc) is 3.54. The predicted octanol–water partition coefficient (Wildman–Crippen LogP) is 8.58. The summed E-state index contributed by atoms with van der Waals surface area (Å²) < 4.78 is 12.2. The first-order chi connectivity index (χ1) is 24.8. The number of aryl methyl sites for hydroxylation is 1. The van der Waals surface area contributed by atoms with Crippen LogP contribution in [0.15, 0.2) is 140 Å². The molecule has 8 heteroatoms. The van der Waals surface area contributed by atoms with Gasteiger partial charge in [-0.25, -0.2) is 9.80 Å². The lowest BCUT2D eigenvalue weighted by Gasteiger charge is -2.16. The van der Waals surface area contributed by atoms with Gasteiger partial charge in [0.15, 0.2) is 0 Å². The summed E-state index contributed by atoms with van der Waals surface area (Å²) in [6.07, 6.45) is 0. The minimum absolute atomic E-state index is 0.290. The first-order valence-corrected chi connectivity index (χ1v) is 16.1. The largest absolute Gasteiger partial charge is 0.457 e. The van der Waals surface area contributed by atoms with E-state index in [1.54, 1.807) is 103 Å². The van der Waals surface area contributed by atoms with Crippen LogP contribution >= 0.6 is 0 Å². The van der Waals surface area contributed by atoms with Gasteiger partial charge in [-0.15, -0.1) is 0 Å². The van der Waals surface area contributed by atoms with Crippen LogP contribution in [0.1, 0.15) is 58.1 Å². The summed E-state index contributed by atoms with van der Waals surface area (Å²) in [5.41, 5.74) is 4.47. The van der Waals surface area contributed by atoms with Gasteiger partial charge in [0.1, 0.15) is 23.0 Å². The summed E-state index contributed by atoms with van der Waals surface area (Å²) >= 11 is 0. The fourth-order valence-electron chi connectivity index (χ4n) is 6.05. The van der Waals surface area contributed by atoms with Crippen molar-refractivity contribution < 1.29 is 28.7 Å². The van der Waals surface area contributed by atoms with Crippen molar-refractivity contribution in [3.05, 3.63) is 178 Å². The van der Waals surface area contributed by atoms with E-state index in [4.69, 9.17) is 9.47 Å². The van der Waals surface area contributed by atoms with Crippen LogP contribution in [0.5, 0.6) is 23.0 Å². The van der Waals surface area contributed by atoms with E-state index < -0.39 is 11.8 Å². The molecule has 0 aromatic heterocycles. The Hall–Kier alpha value is -7.24. The molecule has 0 fully saturated rings. The Morgan fingerprint density at radius 2 is 0.882 bits per heavy atom. The van der Waals surface area contributed by atoms with Gasteiger partial charge < -0.3 is 9.47 Å². The minimum atomic E-state index is -0.440. The molecule has 0 saturated heterocycles. The number of nitrogens with zero attached hydrogens (tertiary/aromatic N) is 2. The third-order valence-corrected chi connectivity index (χ3v) is 8.48. The van der Waals surface area contributed by atoms with E-state index in [2.05, 4.69) is 11.8 Å². The third kappa shape index (κ3) is 5.90. The lowest BCUT2D eigenvalue weighted by molar-refractivity contribution is 0.0910. The SMILES string of the molecule is Cc1ccc2c(c1)C(=O)N(c1cccc(Oc3cccc(Oc4cccc(N5C(=O)c6ccc(C#Cc7ccccc7)cc6C5=O)c4)c3)c1)C2=O. The molecule has 2 aliphatic rings. The van der Waals surface area contributed by atoms with Crippen LogP contribution in [0.2, 0.25) is 0 Å². The molecular weight excluding hydrogens is 640 g/mol. The monoisotopic (exact) mass is 666 g/mol. The van der Waals surface area contributed by atoms with Crippen LogP contribution in [-0.4, -0.2) is 23.6 Å². The molecule has 0 atom stereocenters. The zero-order valence-corrected chi connectivity index (χ0v) is 27.1. The second kappa shape index (κ2) is 12.7. The van der Waals surface area contributed by atoms with Crippen LogP contribution in [0.25, 0.3) is 0 Å². The van der Waals surface area contributed by atoms with Crippen LogP contribution in [0.4, 0.5) is 11.4 Å². The first-order valence-electron chi connectivity index (χ1n) is 16.1. The van der Waals surface area contributed by atoms with Crippen LogP contribution in [0.3, 0.4) is 0 Å². The standard InChI is InChI=1S/C43H26N2O6/c1-27-16-20-36-38(22-27)42(48)44(40(36)46)30-10-5-12-32(24-30)50-34-14-7-15-35(26-34)51-33-13-6-11-31(25-33)45-41(47)37-21-19-29(23-39(37)43(45)49)18-17-28-8-3-2-4-9-28/h2-16,19-26H,1H3. The lowest BCUT2D eigenvalue weighted by Crippen LogP contribution is -2.29. The fraction of sp³-hybridized carbons (Fsp3) is 0.0233. The molecule has 244 valence electrons. The van der Waals surface area contributed by atoms with Crippen molar-refractivity contribution in [3.8, 4) is 34.8 Å². The second-order valence-electron chi connectivity index (χ2n) is 12.0. The molecule has 6 aromatic carbocycles. The van der Waals surface area contributed by atoms with Gasteiger partial charge in [-0.1, -0.05) is 59.9 Å². The highest BCUT2D eigenvalue weighted by molar-refractivity contribution is 6.35. The Morgan fingerprint density at radius 1 is 0.412 bits per heavy atom. The molecule has 0 saturated carbocycles. The van der Waals surface area contributed by atoms with E-state index in [-0.39, 0.29) is 11.8 Å². The number of benzene rings is 6. The Bertz CT molecular complexity index is 2490. The van der Waals surface area contributed by atoms with Crippen LogP contribution in [0, 0.1) is 18.8 Å². The van der Waals surface area contributed by atoms with Crippen molar-refractivity contribution in [2.24, 2.45) is 0 Å². The van der Waals surface area contributed by atoms with Crippen molar-refractivity contribution in [2.45, 2.75) is 6.92 Å². The molecule has 4 amide bonds. The van der Waals surface area contributed by atoms with Crippen LogP contribution < -0.4 is 19.3 Å². The van der Waals surface area contributed by atoms with Crippen molar-refractivity contribution >= 4 is 35.0 Å². The summed E-state index contributed by atoms with van der Waals surface area (Å²) in [5, 5.41) is 0. The van der Waals surface area contributed by atoms with E-state index in [1.165, 1.54) is 0 Å². The zero-order valence-electron chi connectivity index (χ0n) is 27.1. The predicted molar refractivity (Wildman–Crippen MR) is 192 cm³/mol. The Morgan fingerprint density at radius 3 is 1.47 bits per heavy atom. The molecule has 0 unspecified atom stereocenters. The quantitative estimate of drug-likeness (QED) is 0.131. The summed E-state index contributed by atoms with van der Waals surface area (Å²) in [4.78, 5) is 55.4. The summed E-state index contributed by atoms with van der Waals surface area (Å²) in [6.45, 7) is 1.87. The average molecular weight is 667 g/mol. The van der Waals surface area contributed by atoms with Crippen molar-refractivity contribution in [1.29, 1.82) is 0 Å². The number of rotatable bonds is 6. The van der Waals surface area contributed by atoms with Crippen molar-refractivity contribution in [3.63, 3.8) is 0 Å². The number of hydrogen-bond acceptors (Lipinski definition) is 6. The molecule has 0 aliphatic carbocycles. The lowest BCUT2D eigenvalue weighted by atomic mass is 10.1. The molecule has 0 N–H and O–H groups in total. The molecular formula is C43H26N2O6. The topological polar surface area (TPSA) is 93.2 Å². The highest BCUT2D eigenvalue weighted by Gasteiger charge is 2.38. The number of fused-ring (bicyclic) bond motifs is 2. The first kappa shape index (κ1) is 31.1. The minimum Gasteiger partial charge on any atom is -0.457 e. The summed E-state index contributed by atoms with van der Waals surface area (Å²) in [7, 11) is 0. The zero-order chi connectivity index (χ0) is 35.1. The van der Waals surface area contributed by atoms with E-state index >= 15 is 0 Å². The van der Waals surface area contributed by atoms with Crippen LogP contribution in [-0.2, 0) is 0 Å². The van der Waals surface area contributed by atoms with E-state index in [9.17, 15) is 19.2 Å². The maximum atomic E-state index is 13.5.